The van der Waals surface area contributed by atoms with E-state index in [4.69, 9.17) is 4.74 Å². The van der Waals surface area contributed by atoms with E-state index in [0.717, 1.165) is 12.1 Å². The highest BCUT2D eigenvalue weighted by atomic mass is 16.6. The third kappa shape index (κ3) is 6.47. The molecule has 0 saturated carbocycles. The Morgan fingerprint density at radius 1 is 1.50 bits per heavy atom. The Hall–Kier alpha value is -1.56. The lowest BCUT2D eigenvalue weighted by molar-refractivity contribution is 0.0512. The minimum atomic E-state index is -0.520. The van der Waals surface area contributed by atoms with Crippen molar-refractivity contribution in [1.29, 1.82) is 0 Å². The van der Waals surface area contributed by atoms with E-state index in [1.807, 2.05) is 37.7 Å². The standard InChI is InChI=1S/C16H29N3O3/c1-6-12(2)19-8-7-14(18-19)9-13(11-20)10-17-15(21)22-16(3,4)5/h7-8,12-13,20H,6,9-11H2,1-5H3,(H,17,21). The Labute approximate surface area is 132 Å². The SMILES string of the molecule is CCC(C)n1ccc(CC(CO)CNC(=O)OC(C)(C)C)n1. The normalized spacial score (nSPS) is 14.5. The summed E-state index contributed by atoms with van der Waals surface area (Å²) in [6.45, 7) is 10.0. The van der Waals surface area contributed by atoms with Crippen LogP contribution in [0.25, 0.3) is 0 Å². The van der Waals surface area contributed by atoms with Gasteiger partial charge in [0.1, 0.15) is 5.60 Å². The Morgan fingerprint density at radius 2 is 2.18 bits per heavy atom. The number of nitrogens with one attached hydrogen (secondary N) is 1. The molecule has 1 rings (SSSR count). The van der Waals surface area contributed by atoms with Gasteiger partial charge in [-0.15, -0.1) is 0 Å². The fourth-order valence-electron chi connectivity index (χ4n) is 1.96. The Balaban J connectivity index is 2.48. The van der Waals surface area contributed by atoms with E-state index in [0.29, 0.717) is 19.0 Å². The number of aliphatic hydroxyl groups is 1. The molecule has 126 valence electrons. The number of ether oxygens (including phenoxy) is 1. The molecule has 1 amide bonds. The summed E-state index contributed by atoms with van der Waals surface area (Å²) in [5.74, 6) is -0.0761. The van der Waals surface area contributed by atoms with Gasteiger partial charge in [0, 0.05) is 31.3 Å². The number of rotatable bonds is 7. The van der Waals surface area contributed by atoms with E-state index in [9.17, 15) is 9.90 Å². The molecule has 1 aromatic heterocycles. The molecule has 0 saturated heterocycles. The molecular formula is C16H29N3O3. The molecule has 0 aromatic carbocycles. The molecule has 2 unspecified atom stereocenters. The van der Waals surface area contributed by atoms with Crippen molar-refractivity contribution in [1.82, 2.24) is 15.1 Å². The van der Waals surface area contributed by atoms with E-state index in [2.05, 4.69) is 24.3 Å². The second-order valence-electron chi connectivity index (χ2n) is 6.68. The lowest BCUT2D eigenvalue weighted by atomic mass is 10.0. The summed E-state index contributed by atoms with van der Waals surface area (Å²) in [5, 5.41) is 16.7. The van der Waals surface area contributed by atoms with Gasteiger partial charge in [-0.25, -0.2) is 4.79 Å². The Kier molecular flexibility index (Phi) is 6.87. The molecule has 0 spiro atoms. The van der Waals surface area contributed by atoms with Gasteiger partial charge < -0.3 is 15.2 Å². The molecule has 2 N–H and O–H groups in total. The smallest absolute Gasteiger partial charge is 0.407 e. The van der Waals surface area contributed by atoms with Crippen LogP contribution in [-0.2, 0) is 11.2 Å². The van der Waals surface area contributed by atoms with Gasteiger partial charge in [0.05, 0.1) is 5.69 Å². The molecule has 2 atom stereocenters. The summed E-state index contributed by atoms with van der Waals surface area (Å²) < 4.78 is 7.12. The first-order chi connectivity index (χ1) is 10.2. The van der Waals surface area contributed by atoms with Crippen molar-refractivity contribution in [2.45, 2.75) is 59.1 Å². The summed E-state index contributed by atoms with van der Waals surface area (Å²) in [6.07, 6.45) is 3.13. The molecule has 1 heterocycles. The first kappa shape index (κ1) is 18.5. The van der Waals surface area contributed by atoms with Crippen LogP contribution in [0.4, 0.5) is 4.79 Å². The van der Waals surface area contributed by atoms with Crippen LogP contribution in [0.1, 0.15) is 52.8 Å². The van der Waals surface area contributed by atoms with Crippen molar-refractivity contribution in [3.63, 3.8) is 0 Å². The van der Waals surface area contributed by atoms with E-state index in [-0.39, 0.29) is 12.5 Å². The highest BCUT2D eigenvalue weighted by molar-refractivity contribution is 5.67. The highest BCUT2D eigenvalue weighted by Crippen LogP contribution is 2.12. The van der Waals surface area contributed by atoms with Crippen molar-refractivity contribution < 1.29 is 14.6 Å². The molecule has 1 aromatic rings. The van der Waals surface area contributed by atoms with Gasteiger partial charge in [-0.2, -0.15) is 5.10 Å². The van der Waals surface area contributed by atoms with Crippen molar-refractivity contribution in [2.75, 3.05) is 13.2 Å². The van der Waals surface area contributed by atoms with Crippen LogP contribution < -0.4 is 5.32 Å². The number of hydrogen-bond donors (Lipinski definition) is 2. The molecule has 0 aliphatic carbocycles. The number of hydrogen-bond acceptors (Lipinski definition) is 4. The summed E-state index contributed by atoms with van der Waals surface area (Å²) in [5.41, 5.74) is 0.402. The quantitative estimate of drug-likeness (QED) is 0.811. The van der Waals surface area contributed by atoms with Gasteiger partial charge in [-0.1, -0.05) is 6.92 Å². The largest absolute Gasteiger partial charge is 0.444 e. The van der Waals surface area contributed by atoms with Gasteiger partial charge >= 0.3 is 6.09 Å². The zero-order chi connectivity index (χ0) is 16.8. The molecule has 6 nitrogen and oxygen atoms in total. The maximum absolute atomic E-state index is 11.6. The Morgan fingerprint density at radius 3 is 2.73 bits per heavy atom. The summed E-state index contributed by atoms with van der Waals surface area (Å²) >= 11 is 0. The maximum atomic E-state index is 11.6. The number of carbonyl (C=O) groups is 1. The molecule has 22 heavy (non-hydrogen) atoms. The zero-order valence-electron chi connectivity index (χ0n) is 14.3. The van der Waals surface area contributed by atoms with E-state index >= 15 is 0 Å². The summed E-state index contributed by atoms with van der Waals surface area (Å²) in [4.78, 5) is 11.6. The van der Waals surface area contributed by atoms with Crippen LogP contribution in [0, 0.1) is 5.92 Å². The van der Waals surface area contributed by atoms with Crippen LogP contribution in [-0.4, -0.2) is 39.7 Å². The predicted molar refractivity (Wildman–Crippen MR) is 85.7 cm³/mol. The van der Waals surface area contributed by atoms with Crippen molar-refractivity contribution in [2.24, 2.45) is 5.92 Å². The minimum Gasteiger partial charge on any atom is -0.444 e. The molecule has 6 heteroatoms. The third-order valence-corrected chi connectivity index (χ3v) is 3.40. The molecular weight excluding hydrogens is 282 g/mol. The fourth-order valence-corrected chi connectivity index (χ4v) is 1.96. The van der Waals surface area contributed by atoms with Crippen LogP contribution in [0.5, 0.6) is 0 Å². The first-order valence-corrected chi connectivity index (χ1v) is 7.87. The molecule has 0 fully saturated rings. The van der Waals surface area contributed by atoms with E-state index in [1.165, 1.54) is 0 Å². The summed E-state index contributed by atoms with van der Waals surface area (Å²) in [6, 6.07) is 2.32. The second kappa shape index (κ2) is 8.17. The third-order valence-electron chi connectivity index (χ3n) is 3.40. The summed E-state index contributed by atoms with van der Waals surface area (Å²) in [7, 11) is 0. The average Bonchev–Trinajstić information content (AvgIpc) is 2.89. The molecule has 0 radical (unpaired) electrons. The van der Waals surface area contributed by atoms with Gasteiger partial charge in [0.25, 0.3) is 0 Å². The number of aromatic nitrogens is 2. The molecule has 0 aliphatic heterocycles. The highest BCUT2D eigenvalue weighted by Gasteiger charge is 2.18. The minimum absolute atomic E-state index is 0.00795. The number of alkyl carbamates (subject to hydrolysis) is 1. The van der Waals surface area contributed by atoms with Crippen LogP contribution in [0.2, 0.25) is 0 Å². The van der Waals surface area contributed by atoms with Crippen LogP contribution in [0.15, 0.2) is 12.3 Å². The lowest BCUT2D eigenvalue weighted by Crippen LogP contribution is -2.36. The monoisotopic (exact) mass is 311 g/mol. The number of amides is 1. The van der Waals surface area contributed by atoms with Gasteiger partial charge in [0.15, 0.2) is 0 Å². The second-order valence-corrected chi connectivity index (χ2v) is 6.68. The zero-order valence-corrected chi connectivity index (χ0v) is 14.3. The number of aliphatic hydroxyl groups excluding tert-OH is 1. The van der Waals surface area contributed by atoms with Gasteiger partial charge in [0.2, 0.25) is 0 Å². The number of carbonyl (C=O) groups excluding carboxylic acids is 1. The predicted octanol–water partition coefficient (Wildman–Crippen LogP) is 2.53. The van der Waals surface area contributed by atoms with E-state index in [1.54, 1.807) is 0 Å². The molecule has 0 aliphatic rings. The van der Waals surface area contributed by atoms with Crippen molar-refractivity contribution >= 4 is 6.09 Å². The lowest BCUT2D eigenvalue weighted by Gasteiger charge is -2.21. The topological polar surface area (TPSA) is 76.4 Å². The first-order valence-electron chi connectivity index (χ1n) is 7.87. The van der Waals surface area contributed by atoms with Gasteiger partial charge in [-0.3, -0.25) is 4.68 Å². The van der Waals surface area contributed by atoms with Crippen LogP contribution >= 0.6 is 0 Å². The van der Waals surface area contributed by atoms with Gasteiger partial charge in [-0.05, 0) is 46.6 Å². The molecule has 0 bridgehead atoms. The van der Waals surface area contributed by atoms with Crippen molar-refractivity contribution in [3.05, 3.63) is 18.0 Å². The van der Waals surface area contributed by atoms with E-state index < -0.39 is 11.7 Å². The van der Waals surface area contributed by atoms with Crippen LogP contribution in [0.3, 0.4) is 0 Å². The maximum Gasteiger partial charge on any atom is 0.407 e. The number of nitrogens with zero attached hydrogens (tertiary/aromatic N) is 2. The van der Waals surface area contributed by atoms with Crippen molar-refractivity contribution in [3.8, 4) is 0 Å². The average molecular weight is 311 g/mol. The fraction of sp³-hybridized carbons (Fsp3) is 0.750. The Bertz CT molecular complexity index is 465.